The van der Waals surface area contributed by atoms with E-state index in [0.717, 1.165) is 32.5 Å². The Bertz CT molecular complexity index is 857. The van der Waals surface area contributed by atoms with Crippen LogP contribution in [-0.2, 0) is 6.54 Å². The Morgan fingerprint density at radius 2 is 1.93 bits per heavy atom. The topological polar surface area (TPSA) is 87.7 Å². The zero-order valence-electron chi connectivity index (χ0n) is 16.6. The quantitative estimate of drug-likeness (QED) is 0.284. The third-order valence-electron chi connectivity index (χ3n) is 5.26. The van der Waals surface area contributed by atoms with E-state index >= 15 is 0 Å². The van der Waals surface area contributed by atoms with Crippen molar-refractivity contribution in [3.8, 4) is 0 Å². The maximum atomic E-state index is 11.4. The van der Waals surface area contributed by atoms with Gasteiger partial charge in [0.2, 0.25) is 0 Å². The maximum absolute atomic E-state index is 11.4. The lowest BCUT2D eigenvalue weighted by Crippen LogP contribution is -2.38. The molecule has 9 heteroatoms. The van der Waals surface area contributed by atoms with Gasteiger partial charge in [-0.2, -0.15) is 0 Å². The number of hydrogen-bond donors (Lipinski definition) is 2. The average Bonchev–Trinajstić information content (AvgIpc) is 2.72. The van der Waals surface area contributed by atoms with Crippen LogP contribution in [0.4, 0.5) is 22.7 Å². The molecule has 1 aliphatic heterocycles. The fourth-order valence-corrected chi connectivity index (χ4v) is 4.07. The van der Waals surface area contributed by atoms with Gasteiger partial charge in [-0.15, -0.1) is 0 Å². The summed E-state index contributed by atoms with van der Waals surface area (Å²) >= 11 is 7.89. The predicted molar refractivity (Wildman–Crippen MR) is 123 cm³/mol. The molecule has 0 unspecified atom stereocenters. The minimum atomic E-state index is -0.475. The Balaban J connectivity index is 1.58. The first-order valence-electron chi connectivity index (χ1n) is 9.47. The number of nitrogens with one attached hydrogen (secondary N) is 1. The van der Waals surface area contributed by atoms with Crippen LogP contribution in [0.1, 0.15) is 18.4 Å². The summed E-state index contributed by atoms with van der Waals surface area (Å²) in [7, 11) is 2.05. The second-order valence-electron chi connectivity index (χ2n) is 7.16. The van der Waals surface area contributed by atoms with E-state index in [4.69, 9.17) is 17.3 Å². The predicted octanol–water partition coefficient (Wildman–Crippen LogP) is 4.62. The molecule has 29 heavy (non-hydrogen) atoms. The molecule has 1 saturated heterocycles. The van der Waals surface area contributed by atoms with Crippen LogP contribution >= 0.6 is 23.5 Å². The Morgan fingerprint density at radius 1 is 1.28 bits per heavy atom. The van der Waals surface area contributed by atoms with Crippen molar-refractivity contribution in [3.63, 3.8) is 0 Å². The van der Waals surface area contributed by atoms with Gasteiger partial charge in [-0.1, -0.05) is 35.7 Å². The number of rotatable bonds is 7. The lowest BCUT2D eigenvalue weighted by Gasteiger charge is -2.33. The van der Waals surface area contributed by atoms with Crippen molar-refractivity contribution in [1.29, 1.82) is 0 Å². The fraction of sp³-hybridized carbons (Fsp3) is 0.400. The highest BCUT2D eigenvalue weighted by Gasteiger charge is 2.26. The summed E-state index contributed by atoms with van der Waals surface area (Å²) < 4.78 is 2.13. The number of piperidine rings is 1. The molecule has 3 rings (SSSR count). The van der Waals surface area contributed by atoms with Crippen molar-refractivity contribution >= 4 is 46.3 Å². The van der Waals surface area contributed by atoms with E-state index in [9.17, 15) is 10.1 Å². The van der Waals surface area contributed by atoms with Gasteiger partial charge < -0.3 is 15.4 Å². The van der Waals surface area contributed by atoms with Crippen molar-refractivity contribution in [2.24, 2.45) is 0 Å². The molecule has 0 radical (unpaired) electrons. The van der Waals surface area contributed by atoms with E-state index in [0.29, 0.717) is 10.7 Å². The van der Waals surface area contributed by atoms with Crippen LogP contribution in [0, 0.1) is 10.1 Å². The number of halogens is 1. The Morgan fingerprint density at radius 3 is 2.52 bits per heavy atom. The van der Waals surface area contributed by atoms with E-state index in [1.807, 2.05) is 7.05 Å². The lowest BCUT2D eigenvalue weighted by atomic mass is 10.0. The highest BCUT2D eigenvalue weighted by molar-refractivity contribution is 7.99. The molecule has 156 valence electrons. The monoisotopic (exact) mass is 435 g/mol. The molecule has 3 N–H and O–H groups in total. The van der Waals surface area contributed by atoms with Crippen LogP contribution in [-0.4, -0.2) is 42.3 Å². The van der Waals surface area contributed by atoms with E-state index < -0.39 is 4.92 Å². The fourth-order valence-electron chi connectivity index (χ4n) is 3.53. The third-order valence-corrected chi connectivity index (χ3v) is 6.33. The number of nitro groups is 1. The third kappa shape index (κ3) is 5.26. The molecule has 2 aromatic carbocycles. The van der Waals surface area contributed by atoms with E-state index in [-0.39, 0.29) is 17.4 Å². The first kappa shape index (κ1) is 21.5. The standard InChI is InChI=1S/C20H26ClN5O2S/c1-24(29-2)16-5-3-14(4-6-16)13-25-11-9-15(10-12-25)23-19-17(21)7-8-18(22)20(19)26(27)28/h3-8,15,23H,9-13,22H2,1-2H3. The highest BCUT2D eigenvalue weighted by atomic mass is 35.5. The van der Waals surface area contributed by atoms with Crippen molar-refractivity contribution in [2.45, 2.75) is 25.4 Å². The molecule has 0 spiro atoms. The molecule has 0 amide bonds. The Kier molecular flexibility index (Phi) is 7.10. The molecular formula is C20H26ClN5O2S. The maximum Gasteiger partial charge on any atom is 0.316 e. The number of likely N-dealkylation sites (tertiary alicyclic amines) is 1. The second kappa shape index (κ2) is 9.56. The molecule has 0 atom stereocenters. The van der Waals surface area contributed by atoms with Gasteiger partial charge in [0.15, 0.2) is 0 Å². The summed E-state index contributed by atoms with van der Waals surface area (Å²) in [5.41, 5.74) is 8.56. The van der Waals surface area contributed by atoms with Crippen LogP contribution in [0.2, 0.25) is 5.02 Å². The summed E-state index contributed by atoms with van der Waals surface area (Å²) in [5, 5.41) is 15.0. The first-order valence-corrected chi connectivity index (χ1v) is 11.0. The molecule has 0 saturated carbocycles. The minimum absolute atomic E-state index is 0.120. The number of benzene rings is 2. The van der Waals surface area contributed by atoms with E-state index in [2.05, 4.69) is 45.0 Å². The number of nitrogens with two attached hydrogens (primary N) is 1. The lowest BCUT2D eigenvalue weighted by molar-refractivity contribution is -0.383. The van der Waals surface area contributed by atoms with Crippen molar-refractivity contribution in [3.05, 3.63) is 57.1 Å². The molecule has 2 aromatic rings. The molecule has 0 aliphatic carbocycles. The molecule has 0 bridgehead atoms. The SMILES string of the molecule is CSN(C)c1ccc(CN2CCC(Nc3c(Cl)ccc(N)c3[N+](=O)[O-])CC2)cc1. The van der Waals surface area contributed by atoms with Gasteiger partial charge in [-0.3, -0.25) is 15.0 Å². The molecule has 0 aromatic heterocycles. The number of hydrogen-bond acceptors (Lipinski definition) is 7. The van der Waals surface area contributed by atoms with E-state index in [1.165, 1.54) is 17.3 Å². The number of nitrogens with zero attached hydrogens (tertiary/aromatic N) is 3. The van der Waals surface area contributed by atoms with Crippen LogP contribution in [0.5, 0.6) is 0 Å². The Hall–Kier alpha value is -2.16. The summed E-state index contributed by atoms with van der Waals surface area (Å²) in [6.07, 6.45) is 3.82. The normalized spacial score (nSPS) is 15.3. The van der Waals surface area contributed by atoms with Crippen LogP contribution in [0.15, 0.2) is 36.4 Å². The van der Waals surface area contributed by atoms with Gasteiger partial charge in [0, 0.05) is 44.7 Å². The molecule has 1 aliphatic rings. The molecule has 1 heterocycles. The van der Waals surface area contributed by atoms with Crippen LogP contribution < -0.4 is 15.4 Å². The number of anilines is 3. The second-order valence-corrected chi connectivity index (χ2v) is 8.48. The van der Waals surface area contributed by atoms with E-state index in [1.54, 1.807) is 18.0 Å². The van der Waals surface area contributed by atoms with Gasteiger partial charge in [0.25, 0.3) is 0 Å². The number of nitro benzene ring substituents is 1. The van der Waals surface area contributed by atoms with Crippen LogP contribution in [0.25, 0.3) is 0 Å². The summed E-state index contributed by atoms with van der Waals surface area (Å²) in [4.78, 5) is 13.3. The zero-order chi connectivity index (χ0) is 21.0. The Labute approximate surface area is 180 Å². The van der Waals surface area contributed by atoms with Crippen molar-refractivity contribution < 1.29 is 4.92 Å². The highest BCUT2D eigenvalue weighted by Crippen LogP contribution is 2.38. The zero-order valence-corrected chi connectivity index (χ0v) is 18.2. The molecule has 1 fully saturated rings. The van der Waals surface area contributed by atoms with Gasteiger partial charge >= 0.3 is 5.69 Å². The average molecular weight is 436 g/mol. The van der Waals surface area contributed by atoms with Gasteiger partial charge in [-0.25, -0.2) is 0 Å². The van der Waals surface area contributed by atoms with Gasteiger partial charge in [-0.05, 0) is 42.7 Å². The van der Waals surface area contributed by atoms with Crippen molar-refractivity contribution in [2.75, 3.05) is 41.7 Å². The minimum Gasteiger partial charge on any atom is -0.393 e. The number of nitrogen functional groups attached to an aromatic ring is 1. The molecular weight excluding hydrogens is 410 g/mol. The van der Waals surface area contributed by atoms with Gasteiger partial charge in [0.05, 0.1) is 9.95 Å². The summed E-state index contributed by atoms with van der Waals surface area (Å²) in [6, 6.07) is 11.8. The van der Waals surface area contributed by atoms with Crippen LogP contribution in [0.3, 0.4) is 0 Å². The van der Waals surface area contributed by atoms with Crippen molar-refractivity contribution in [1.82, 2.24) is 4.90 Å². The molecule has 7 nitrogen and oxygen atoms in total. The van der Waals surface area contributed by atoms with Gasteiger partial charge in [0.1, 0.15) is 11.4 Å². The summed E-state index contributed by atoms with van der Waals surface area (Å²) in [5.74, 6) is 0. The smallest absolute Gasteiger partial charge is 0.316 e. The first-order chi connectivity index (χ1) is 13.9. The largest absolute Gasteiger partial charge is 0.393 e. The summed E-state index contributed by atoms with van der Waals surface area (Å²) in [6.45, 7) is 2.73.